The number of benzene rings is 1. The molecule has 0 unspecified atom stereocenters. The average molecular weight is 269 g/mol. The summed E-state index contributed by atoms with van der Waals surface area (Å²) in [7, 11) is -0.530. The summed E-state index contributed by atoms with van der Waals surface area (Å²) in [4.78, 5) is 10.8. The largest absolute Gasteiger partial charge is 0.478 e. The molecule has 1 aromatic rings. The van der Waals surface area contributed by atoms with E-state index < -0.39 is 16.0 Å². The second-order valence-corrected chi connectivity index (χ2v) is 6.14. The van der Waals surface area contributed by atoms with E-state index in [-0.39, 0.29) is 10.5 Å². The predicted octanol–water partition coefficient (Wildman–Crippen LogP) is 1.42. The standard InChI is InChI=1S/C12H15NO4S/c1-9(12(14)15)8-10-4-6-11(7-5-10)18(16,17)13(2)3/h4-8H,1-3H3,(H,14,15). The van der Waals surface area contributed by atoms with E-state index in [1.807, 2.05) is 0 Å². The molecular weight excluding hydrogens is 254 g/mol. The van der Waals surface area contributed by atoms with Gasteiger partial charge in [-0.1, -0.05) is 12.1 Å². The van der Waals surface area contributed by atoms with Gasteiger partial charge in [-0.05, 0) is 30.7 Å². The molecule has 0 spiro atoms. The van der Waals surface area contributed by atoms with Crippen LogP contribution in [0.25, 0.3) is 6.08 Å². The Hall–Kier alpha value is -1.66. The molecule has 18 heavy (non-hydrogen) atoms. The van der Waals surface area contributed by atoms with Crippen LogP contribution in [0.5, 0.6) is 0 Å². The SMILES string of the molecule is CC(=Cc1ccc(S(=O)(=O)N(C)C)cc1)C(=O)O. The highest BCUT2D eigenvalue weighted by molar-refractivity contribution is 7.89. The highest BCUT2D eigenvalue weighted by Crippen LogP contribution is 2.15. The minimum absolute atomic E-state index is 0.178. The molecule has 5 nitrogen and oxygen atoms in total. The Morgan fingerprint density at radius 1 is 1.22 bits per heavy atom. The van der Waals surface area contributed by atoms with Crippen LogP contribution in [0.3, 0.4) is 0 Å². The van der Waals surface area contributed by atoms with Crippen LogP contribution in [0, 0.1) is 0 Å². The maximum absolute atomic E-state index is 11.8. The van der Waals surface area contributed by atoms with Crippen LogP contribution < -0.4 is 0 Å². The van der Waals surface area contributed by atoms with Gasteiger partial charge in [0.15, 0.2) is 0 Å². The fourth-order valence-electron chi connectivity index (χ4n) is 1.26. The summed E-state index contributed by atoms with van der Waals surface area (Å²) in [6.07, 6.45) is 1.48. The smallest absolute Gasteiger partial charge is 0.331 e. The van der Waals surface area contributed by atoms with Crippen molar-refractivity contribution in [1.82, 2.24) is 4.31 Å². The van der Waals surface area contributed by atoms with Crippen molar-refractivity contribution in [2.45, 2.75) is 11.8 Å². The Bertz CT molecular complexity index is 571. The maximum atomic E-state index is 11.8. The molecule has 0 heterocycles. The highest BCUT2D eigenvalue weighted by atomic mass is 32.2. The minimum atomic E-state index is -3.44. The molecule has 1 N–H and O–H groups in total. The molecule has 0 atom stereocenters. The Morgan fingerprint density at radius 2 is 1.72 bits per heavy atom. The molecule has 0 aromatic heterocycles. The Balaban J connectivity index is 3.09. The van der Waals surface area contributed by atoms with E-state index >= 15 is 0 Å². The summed E-state index contributed by atoms with van der Waals surface area (Å²) in [6, 6.07) is 6.05. The molecule has 0 fully saturated rings. The van der Waals surface area contributed by atoms with E-state index in [2.05, 4.69) is 0 Å². The van der Waals surface area contributed by atoms with Crippen LogP contribution in [0.2, 0.25) is 0 Å². The van der Waals surface area contributed by atoms with Crippen molar-refractivity contribution >= 4 is 22.1 Å². The lowest BCUT2D eigenvalue weighted by atomic mass is 10.1. The van der Waals surface area contributed by atoms with Crippen LogP contribution in [0.4, 0.5) is 0 Å². The van der Waals surface area contributed by atoms with Gasteiger partial charge in [0.1, 0.15) is 0 Å². The number of carboxylic acids is 1. The summed E-state index contributed by atoms with van der Waals surface area (Å²) < 4.78 is 24.7. The van der Waals surface area contributed by atoms with Crippen molar-refractivity contribution in [2.24, 2.45) is 0 Å². The molecule has 0 radical (unpaired) electrons. The van der Waals surface area contributed by atoms with Crippen molar-refractivity contribution in [3.63, 3.8) is 0 Å². The van der Waals surface area contributed by atoms with Gasteiger partial charge < -0.3 is 5.11 Å². The normalized spacial score (nSPS) is 12.8. The summed E-state index contributed by atoms with van der Waals surface area (Å²) in [6.45, 7) is 1.48. The third-order valence-corrected chi connectivity index (χ3v) is 4.21. The van der Waals surface area contributed by atoms with Crippen LogP contribution in [-0.2, 0) is 14.8 Å². The molecule has 0 saturated carbocycles. The molecule has 0 bridgehead atoms. The molecule has 1 aromatic carbocycles. The third-order valence-electron chi connectivity index (χ3n) is 2.38. The fourth-order valence-corrected chi connectivity index (χ4v) is 2.16. The summed E-state index contributed by atoms with van der Waals surface area (Å²) in [5.74, 6) is -1.00. The Labute approximate surface area is 106 Å². The molecule has 98 valence electrons. The summed E-state index contributed by atoms with van der Waals surface area (Å²) in [5, 5.41) is 8.73. The highest BCUT2D eigenvalue weighted by Gasteiger charge is 2.16. The van der Waals surface area contributed by atoms with E-state index in [0.717, 1.165) is 4.31 Å². The van der Waals surface area contributed by atoms with Gasteiger partial charge in [0.2, 0.25) is 10.0 Å². The van der Waals surface area contributed by atoms with Crippen molar-refractivity contribution < 1.29 is 18.3 Å². The zero-order valence-corrected chi connectivity index (χ0v) is 11.2. The van der Waals surface area contributed by atoms with Gasteiger partial charge in [-0.3, -0.25) is 0 Å². The van der Waals surface area contributed by atoms with Gasteiger partial charge >= 0.3 is 5.97 Å². The second-order valence-electron chi connectivity index (χ2n) is 3.99. The lowest BCUT2D eigenvalue weighted by Crippen LogP contribution is -2.22. The number of carbonyl (C=O) groups is 1. The van der Waals surface area contributed by atoms with Crippen molar-refractivity contribution in [1.29, 1.82) is 0 Å². The molecule has 0 aliphatic carbocycles. The zero-order valence-electron chi connectivity index (χ0n) is 10.4. The van der Waals surface area contributed by atoms with Crippen molar-refractivity contribution in [2.75, 3.05) is 14.1 Å². The third kappa shape index (κ3) is 3.18. The molecule has 1 rings (SSSR count). The molecule has 6 heteroatoms. The van der Waals surface area contributed by atoms with Crippen molar-refractivity contribution in [3.05, 3.63) is 35.4 Å². The van der Waals surface area contributed by atoms with Crippen LogP contribution in [0.1, 0.15) is 12.5 Å². The molecule has 0 aliphatic heterocycles. The summed E-state index contributed by atoms with van der Waals surface area (Å²) in [5.41, 5.74) is 0.839. The summed E-state index contributed by atoms with van der Waals surface area (Å²) >= 11 is 0. The number of hydrogen-bond donors (Lipinski definition) is 1. The Kier molecular flexibility index (Phi) is 4.26. The number of hydrogen-bond acceptors (Lipinski definition) is 3. The van der Waals surface area contributed by atoms with Crippen molar-refractivity contribution in [3.8, 4) is 0 Å². The predicted molar refractivity (Wildman–Crippen MR) is 68.6 cm³/mol. The van der Waals surface area contributed by atoms with E-state index in [1.54, 1.807) is 12.1 Å². The Morgan fingerprint density at radius 3 is 2.11 bits per heavy atom. The minimum Gasteiger partial charge on any atom is -0.478 e. The number of aliphatic carboxylic acids is 1. The molecule has 0 amide bonds. The lowest BCUT2D eigenvalue weighted by molar-refractivity contribution is -0.132. The van der Waals surface area contributed by atoms with Crippen LogP contribution in [0.15, 0.2) is 34.7 Å². The van der Waals surface area contributed by atoms with Gasteiger partial charge in [0.25, 0.3) is 0 Å². The molecule has 0 aliphatic rings. The maximum Gasteiger partial charge on any atom is 0.331 e. The van der Waals surface area contributed by atoms with Crippen LogP contribution in [-0.4, -0.2) is 37.9 Å². The number of nitrogens with zero attached hydrogens (tertiary/aromatic N) is 1. The van der Waals surface area contributed by atoms with Gasteiger partial charge in [0, 0.05) is 19.7 Å². The number of sulfonamides is 1. The first-order valence-corrected chi connectivity index (χ1v) is 6.63. The average Bonchev–Trinajstić information content (AvgIpc) is 2.29. The van der Waals surface area contributed by atoms with Gasteiger partial charge in [-0.15, -0.1) is 0 Å². The van der Waals surface area contributed by atoms with E-state index in [0.29, 0.717) is 5.56 Å². The first kappa shape index (κ1) is 14.4. The zero-order chi connectivity index (χ0) is 13.9. The number of rotatable bonds is 4. The molecular formula is C12H15NO4S. The quantitative estimate of drug-likeness (QED) is 0.839. The van der Waals surface area contributed by atoms with E-state index in [4.69, 9.17) is 5.11 Å². The second kappa shape index (κ2) is 5.32. The topological polar surface area (TPSA) is 74.7 Å². The molecule has 0 saturated heterocycles. The monoisotopic (exact) mass is 269 g/mol. The van der Waals surface area contributed by atoms with Gasteiger partial charge in [-0.2, -0.15) is 0 Å². The first-order chi connectivity index (χ1) is 8.25. The van der Waals surface area contributed by atoms with Crippen LogP contribution >= 0.6 is 0 Å². The lowest BCUT2D eigenvalue weighted by Gasteiger charge is -2.11. The fraction of sp³-hybridized carbons (Fsp3) is 0.250. The van der Waals surface area contributed by atoms with Gasteiger partial charge in [-0.25, -0.2) is 17.5 Å². The van der Waals surface area contributed by atoms with E-state index in [9.17, 15) is 13.2 Å². The first-order valence-electron chi connectivity index (χ1n) is 5.19. The number of carboxylic acid groups (broad SMARTS) is 1. The van der Waals surface area contributed by atoms with Gasteiger partial charge in [0.05, 0.1) is 4.90 Å². The van der Waals surface area contributed by atoms with E-state index in [1.165, 1.54) is 39.2 Å².